The first kappa shape index (κ1) is 18.2. The highest BCUT2D eigenvalue weighted by molar-refractivity contribution is 7.89. The Morgan fingerprint density at radius 1 is 1.04 bits per heavy atom. The molecule has 0 heterocycles. The molecule has 0 aliphatic carbocycles. The van der Waals surface area contributed by atoms with Crippen molar-refractivity contribution in [1.82, 2.24) is 10.3 Å². The lowest BCUT2D eigenvalue weighted by Crippen LogP contribution is -2.41. The molecule has 6 heteroatoms. The number of hydrogen-bond donors (Lipinski definition) is 2. The molecular formula is C18H22N2O3S. The molecule has 128 valence electrons. The van der Waals surface area contributed by atoms with E-state index in [2.05, 4.69) is 24.1 Å². The molecule has 0 fully saturated rings. The van der Waals surface area contributed by atoms with Crippen LogP contribution < -0.4 is 10.3 Å². The van der Waals surface area contributed by atoms with Gasteiger partial charge in [0.2, 0.25) is 0 Å². The van der Waals surface area contributed by atoms with E-state index < -0.39 is 15.9 Å². The average molecular weight is 346 g/mol. The van der Waals surface area contributed by atoms with Gasteiger partial charge in [0.05, 0.1) is 4.90 Å². The third kappa shape index (κ3) is 4.43. The van der Waals surface area contributed by atoms with Crippen LogP contribution in [-0.4, -0.2) is 14.3 Å². The summed E-state index contributed by atoms with van der Waals surface area (Å²) >= 11 is 0. The summed E-state index contributed by atoms with van der Waals surface area (Å²) in [5, 5.41) is 0. The number of hydrogen-bond acceptors (Lipinski definition) is 3. The fraction of sp³-hybridized carbons (Fsp3) is 0.278. The smallest absolute Gasteiger partial charge is 0.266 e. The Bertz CT molecular complexity index is 797. The van der Waals surface area contributed by atoms with E-state index in [0.717, 1.165) is 17.5 Å². The first-order valence-electron chi connectivity index (χ1n) is 7.82. The second-order valence-corrected chi connectivity index (χ2v) is 7.49. The Morgan fingerprint density at radius 3 is 2.17 bits per heavy atom. The molecule has 0 bridgehead atoms. The van der Waals surface area contributed by atoms with Crippen LogP contribution in [0.5, 0.6) is 0 Å². The highest BCUT2D eigenvalue weighted by Gasteiger charge is 2.16. The number of rotatable bonds is 6. The van der Waals surface area contributed by atoms with E-state index >= 15 is 0 Å². The van der Waals surface area contributed by atoms with Crippen molar-refractivity contribution >= 4 is 15.9 Å². The van der Waals surface area contributed by atoms with Crippen LogP contribution in [0.1, 0.15) is 47.7 Å². The number of carbonyl (C=O) groups is 1. The van der Waals surface area contributed by atoms with Crippen molar-refractivity contribution in [2.24, 2.45) is 0 Å². The number of benzene rings is 2. The van der Waals surface area contributed by atoms with E-state index in [-0.39, 0.29) is 4.90 Å². The maximum absolute atomic E-state index is 12.2. The van der Waals surface area contributed by atoms with Crippen LogP contribution >= 0.6 is 0 Å². The predicted octanol–water partition coefficient (Wildman–Crippen LogP) is 3.13. The molecule has 5 nitrogen and oxygen atoms in total. The molecule has 0 spiro atoms. The highest BCUT2D eigenvalue weighted by Crippen LogP contribution is 2.20. The molecule has 2 aromatic carbocycles. The topological polar surface area (TPSA) is 75.3 Å². The van der Waals surface area contributed by atoms with Crippen LogP contribution in [0.2, 0.25) is 0 Å². The summed E-state index contributed by atoms with van der Waals surface area (Å²) < 4.78 is 24.5. The van der Waals surface area contributed by atoms with Gasteiger partial charge in [-0.25, -0.2) is 8.42 Å². The number of hydrazine groups is 1. The van der Waals surface area contributed by atoms with E-state index in [9.17, 15) is 13.2 Å². The van der Waals surface area contributed by atoms with E-state index in [0.29, 0.717) is 11.5 Å². The van der Waals surface area contributed by atoms with Crippen LogP contribution in [0.15, 0.2) is 53.4 Å². The maximum atomic E-state index is 12.2. The summed E-state index contributed by atoms with van der Waals surface area (Å²) in [6.07, 6.45) is 0.983. The number of nitrogens with one attached hydrogen (secondary N) is 2. The van der Waals surface area contributed by atoms with Crippen LogP contribution in [0, 0.1) is 6.92 Å². The summed E-state index contributed by atoms with van der Waals surface area (Å²) in [5.74, 6) is -0.134. The third-order valence-electron chi connectivity index (χ3n) is 3.98. The minimum absolute atomic E-state index is 0.110. The minimum Gasteiger partial charge on any atom is -0.273 e. The fourth-order valence-corrected chi connectivity index (χ4v) is 3.00. The maximum Gasteiger partial charge on any atom is 0.266 e. The van der Waals surface area contributed by atoms with E-state index in [4.69, 9.17) is 0 Å². The molecular weight excluding hydrogens is 324 g/mol. The zero-order valence-electron chi connectivity index (χ0n) is 14.0. The molecule has 1 amide bonds. The second kappa shape index (κ2) is 7.59. The minimum atomic E-state index is -3.80. The molecule has 0 radical (unpaired) electrons. The Labute approximate surface area is 143 Å². The molecule has 2 aromatic rings. The van der Waals surface area contributed by atoms with Crippen LogP contribution in [0.4, 0.5) is 0 Å². The summed E-state index contributed by atoms with van der Waals surface area (Å²) in [6, 6.07) is 13.5. The van der Waals surface area contributed by atoms with Gasteiger partial charge in [-0.2, -0.15) is 0 Å². The van der Waals surface area contributed by atoms with Gasteiger partial charge in [0.15, 0.2) is 0 Å². The second-order valence-electron chi connectivity index (χ2n) is 5.80. The van der Waals surface area contributed by atoms with Crippen molar-refractivity contribution in [3.63, 3.8) is 0 Å². The summed E-state index contributed by atoms with van der Waals surface area (Å²) in [6.45, 7) is 6.08. The molecule has 1 atom stereocenters. The Morgan fingerprint density at radius 2 is 1.62 bits per heavy atom. The number of carbonyl (C=O) groups excluding carboxylic acids is 1. The molecule has 0 saturated carbocycles. The van der Waals surface area contributed by atoms with Gasteiger partial charge in [0.1, 0.15) is 0 Å². The summed E-state index contributed by atoms with van der Waals surface area (Å²) in [7, 11) is -3.80. The van der Waals surface area contributed by atoms with E-state index in [1.807, 2.05) is 6.92 Å². The Kier molecular flexibility index (Phi) is 5.75. The van der Waals surface area contributed by atoms with Crippen molar-refractivity contribution in [2.45, 2.75) is 38.0 Å². The zero-order valence-corrected chi connectivity index (χ0v) is 14.9. The first-order valence-corrected chi connectivity index (χ1v) is 9.30. The monoisotopic (exact) mass is 346 g/mol. The van der Waals surface area contributed by atoms with Gasteiger partial charge in [0.25, 0.3) is 15.9 Å². The quantitative estimate of drug-likeness (QED) is 0.789. The van der Waals surface area contributed by atoms with Crippen LogP contribution in [0.3, 0.4) is 0 Å². The first-order chi connectivity index (χ1) is 11.3. The number of aryl methyl sites for hydroxylation is 1. The largest absolute Gasteiger partial charge is 0.273 e. The van der Waals surface area contributed by atoms with E-state index in [1.165, 1.54) is 0 Å². The average Bonchev–Trinajstić information content (AvgIpc) is 2.59. The fourth-order valence-electron chi connectivity index (χ4n) is 2.16. The molecule has 0 aliphatic heterocycles. The SMILES string of the molecule is CC[C@@H](C)c1ccc(S(=O)(=O)NNC(=O)c2ccc(C)cc2)cc1. The van der Waals surface area contributed by atoms with Gasteiger partial charge in [-0.3, -0.25) is 10.2 Å². The van der Waals surface area contributed by atoms with Crippen molar-refractivity contribution < 1.29 is 13.2 Å². The lowest BCUT2D eigenvalue weighted by Gasteiger charge is -2.11. The molecule has 2 N–H and O–H groups in total. The zero-order chi connectivity index (χ0) is 17.7. The molecule has 0 unspecified atom stereocenters. The Balaban J connectivity index is 2.05. The molecule has 0 saturated heterocycles. The van der Waals surface area contributed by atoms with Crippen LogP contribution in [-0.2, 0) is 10.0 Å². The predicted molar refractivity (Wildman–Crippen MR) is 94.1 cm³/mol. The van der Waals surface area contributed by atoms with Gasteiger partial charge in [-0.05, 0) is 49.1 Å². The molecule has 24 heavy (non-hydrogen) atoms. The van der Waals surface area contributed by atoms with Crippen molar-refractivity contribution in [3.05, 3.63) is 65.2 Å². The lowest BCUT2D eigenvalue weighted by atomic mass is 9.99. The van der Waals surface area contributed by atoms with Crippen LogP contribution in [0.25, 0.3) is 0 Å². The standard InChI is InChI=1S/C18H22N2O3S/c1-4-14(3)15-9-11-17(12-10-15)24(22,23)20-19-18(21)16-7-5-13(2)6-8-16/h5-12,14,20H,4H2,1-3H3,(H,19,21)/t14-/m1/s1. The molecule has 2 rings (SSSR count). The van der Waals surface area contributed by atoms with Crippen molar-refractivity contribution in [1.29, 1.82) is 0 Å². The van der Waals surface area contributed by atoms with Gasteiger partial charge in [-0.15, -0.1) is 4.83 Å². The lowest BCUT2D eigenvalue weighted by molar-refractivity contribution is 0.0945. The van der Waals surface area contributed by atoms with Gasteiger partial charge < -0.3 is 0 Å². The summed E-state index contributed by atoms with van der Waals surface area (Å²) in [4.78, 5) is 14.2. The van der Waals surface area contributed by atoms with Crippen molar-refractivity contribution in [2.75, 3.05) is 0 Å². The van der Waals surface area contributed by atoms with Gasteiger partial charge in [0, 0.05) is 5.56 Å². The molecule has 0 aromatic heterocycles. The van der Waals surface area contributed by atoms with Crippen molar-refractivity contribution in [3.8, 4) is 0 Å². The molecule has 0 aliphatic rings. The Hall–Kier alpha value is -2.18. The van der Waals surface area contributed by atoms with Gasteiger partial charge in [-0.1, -0.05) is 43.7 Å². The number of sulfonamides is 1. The highest BCUT2D eigenvalue weighted by atomic mass is 32.2. The van der Waals surface area contributed by atoms with E-state index in [1.54, 1.807) is 48.5 Å². The normalized spacial score (nSPS) is 12.6. The summed E-state index contributed by atoms with van der Waals surface area (Å²) in [5.41, 5.74) is 4.72. The third-order valence-corrected chi connectivity index (χ3v) is 5.25. The van der Waals surface area contributed by atoms with Gasteiger partial charge >= 0.3 is 0 Å². The number of amides is 1.